The van der Waals surface area contributed by atoms with Crippen LogP contribution >= 0.6 is 11.3 Å². The molecule has 0 aliphatic carbocycles. The summed E-state index contributed by atoms with van der Waals surface area (Å²) < 4.78 is 2.17. The van der Waals surface area contributed by atoms with Crippen molar-refractivity contribution < 1.29 is 4.79 Å². The molecule has 4 rings (SSSR count). The molecular weight excluding hydrogens is 300 g/mol. The second kappa shape index (κ2) is 5.77. The monoisotopic (exact) mass is 318 g/mol. The minimum Gasteiger partial charge on any atom is -0.335 e. The Labute approximate surface area is 132 Å². The third-order valence-corrected chi connectivity index (χ3v) is 5.02. The van der Waals surface area contributed by atoms with Crippen LogP contribution in [0.3, 0.4) is 0 Å². The van der Waals surface area contributed by atoms with Gasteiger partial charge in [-0.2, -0.15) is 0 Å². The summed E-state index contributed by atoms with van der Waals surface area (Å²) in [5, 5.41) is 11.8. The molecule has 8 heteroatoms. The summed E-state index contributed by atoms with van der Waals surface area (Å²) in [6.45, 7) is 4.94. The molecule has 2 aromatic heterocycles. The molecule has 1 fully saturated rings. The van der Waals surface area contributed by atoms with Crippen molar-refractivity contribution in [1.29, 1.82) is 0 Å². The molecule has 0 bridgehead atoms. The van der Waals surface area contributed by atoms with Crippen LogP contribution in [0.1, 0.15) is 29.5 Å². The number of likely N-dealkylation sites (tertiary alicyclic amines) is 1. The second-order valence-electron chi connectivity index (χ2n) is 5.74. The van der Waals surface area contributed by atoms with E-state index in [0.29, 0.717) is 13.0 Å². The number of fused-ring (bicyclic) bond motifs is 1. The highest BCUT2D eigenvalue weighted by Gasteiger charge is 2.26. The summed E-state index contributed by atoms with van der Waals surface area (Å²) in [4.78, 5) is 20.3. The van der Waals surface area contributed by atoms with Gasteiger partial charge in [-0.05, 0) is 6.42 Å². The van der Waals surface area contributed by atoms with Crippen LogP contribution in [-0.2, 0) is 31.0 Å². The number of nitrogens with zero attached hydrogens (tertiary/aromatic N) is 6. The number of amides is 1. The van der Waals surface area contributed by atoms with Gasteiger partial charge in [0.15, 0.2) is 5.82 Å². The van der Waals surface area contributed by atoms with Gasteiger partial charge in [0.25, 0.3) is 0 Å². The largest absolute Gasteiger partial charge is 0.335 e. The van der Waals surface area contributed by atoms with E-state index in [2.05, 4.69) is 24.6 Å². The number of hydrogen-bond acceptors (Lipinski definition) is 6. The Bertz CT molecular complexity index is 667. The molecule has 2 aromatic rings. The van der Waals surface area contributed by atoms with E-state index in [1.807, 2.05) is 16.5 Å². The van der Waals surface area contributed by atoms with E-state index in [9.17, 15) is 4.79 Å². The lowest BCUT2D eigenvalue weighted by atomic mass is 10.3. The molecule has 0 saturated carbocycles. The maximum absolute atomic E-state index is 11.8. The molecule has 0 radical (unpaired) electrons. The van der Waals surface area contributed by atoms with Crippen molar-refractivity contribution in [3.05, 3.63) is 28.2 Å². The first-order chi connectivity index (χ1) is 10.8. The zero-order valence-corrected chi connectivity index (χ0v) is 13.1. The van der Waals surface area contributed by atoms with E-state index >= 15 is 0 Å². The molecule has 1 saturated heterocycles. The molecule has 2 aliphatic rings. The van der Waals surface area contributed by atoms with Crippen LogP contribution in [0.4, 0.5) is 0 Å². The van der Waals surface area contributed by atoms with Crippen LogP contribution in [0, 0.1) is 0 Å². The predicted molar refractivity (Wildman–Crippen MR) is 80.9 cm³/mol. The van der Waals surface area contributed by atoms with Gasteiger partial charge in [0.1, 0.15) is 10.8 Å². The Morgan fingerprint density at radius 1 is 1.18 bits per heavy atom. The normalized spacial score (nSPS) is 18.9. The Morgan fingerprint density at radius 3 is 2.91 bits per heavy atom. The van der Waals surface area contributed by atoms with Crippen molar-refractivity contribution in [3.8, 4) is 0 Å². The van der Waals surface area contributed by atoms with Crippen LogP contribution < -0.4 is 0 Å². The standard InChI is InChI=1S/C14H18N6OS/c21-14-2-1-4-19(14)9-12-17-16-11-8-18(5-6-20(11)12)10-13-15-3-7-22-13/h3,7H,1-2,4-6,8-10H2. The van der Waals surface area contributed by atoms with Crippen molar-refractivity contribution in [2.45, 2.75) is 39.0 Å². The summed E-state index contributed by atoms with van der Waals surface area (Å²) in [7, 11) is 0. The third-order valence-electron chi connectivity index (χ3n) is 4.25. The highest BCUT2D eigenvalue weighted by molar-refractivity contribution is 7.09. The van der Waals surface area contributed by atoms with Crippen LogP contribution in [0.15, 0.2) is 11.6 Å². The van der Waals surface area contributed by atoms with Gasteiger partial charge in [0, 0.05) is 37.6 Å². The molecule has 0 unspecified atom stereocenters. The van der Waals surface area contributed by atoms with E-state index in [-0.39, 0.29) is 5.91 Å². The summed E-state index contributed by atoms with van der Waals surface area (Å²) in [5.74, 6) is 2.14. The van der Waals surface area contributed by atoms with E-state index in [1.54, 1.807) is 11.3 Å². The second-order valence-corrected chi connectivity index (χ2v) is 6.72. The van der Waals surface area contributed by atoms with Crippen molar-refractivity contribution in [1.82, 2.24) is 29.5 Å². The number of carbonyl (C=O) groups is 1. The highest BCUT2D eigenvalue weighted by Crippen LogP contribution is 2.19. The molecule has 7 nitrogen and oxygen atoms in total. The fourth-order valence-electron chi connectivity index (χ4n) is 3.08. The van der Waals surface area contributed by atoms with Gasteiger partial charge in [-0.1, -0.05) is 0 Å². The molecule has 0 N–H and O–H groups in total. The Balaban J connectivity index is 1.44. The van der Waals surface area contributed by atoms with E-state index in [0.717, 1.165) is 55.8 Å². The maximum atomic E-state index is 11.8. The van der Waals surface area contributed by atoms with Crippen molar-refractivity contribution in [2.24, 2.45) is 0 Å². The molecule has 22 heavy (non-hydrogen) atoms. The van der Waals surface area contributed by atoms with Gasteiger partial charge < -0.3 is 9.47 Å². The molecule has 4 heterocycles. The predicted octanol–water partition coefficient (Wildman–Crippen LogP) is 0.873. The Hall–Kier alpha value is -1.80. The van der Waals surface area contributed by atoms with Crippen molar-refractivity contribution >= 4 is 17.2 Å². The van der Waals surface area contributed by atoms with Gasteiger partial charge in [-0.15, -0.1) is 21.5 Å². The number of hydrogen-bond donors (Lipinski definition) is 0. The van der Waals surface area contributed by atoms with E-state index < -0.39 is 0 Å². The first-order valence-electron chi connectivity index (χ1n) is 7.59. The SMILES string of the molecule is O=C1CCCN1Cc1nnc2n1CCN(Cc1nccs1)C2. The van der Waals surface area contributed by atoms with Gasteiger partial charge in [-0.3, -0.25) is 9.69 Å². The topological polar surface area (TPSA) is 67.2 Å². The Kier molecular flexibility index (Phi) is 3.63. The molecular formula is C14H18N6OS. The van der Waals surface area contributed by atoms with Crippen LogP contribution in [0.5, 0.6) is 0 Å². The first-order valence-corrected chi connectivity index (χ1v) is 8.47. The smallest absolute Gasteiger partial charge is 0.223 e. The van der Waals surface area contributed by atoms with Gasteiger partial charge in [0.2, 0.25) is 5.91 Å². The average molecular weight is 318 g/mol. The molecule has 0 spiro atoms. The number of thiazole rings is 1. The zero-order chi connectivity index (χ0) is 14.9. The van der Waals surface area contributed by atoms with Gasteiger partial charge in [0.05, 0.1) is 19.6 Å². The minimum atomic E-state index is 0.235. The van der Waals surface area contributed by atoms with Crippen LogP contribution in [0.2, 0.25) is 0 Å². The molecule has 1 amide bonds. The number of aromatic nitrogens is 4. The van der Waals surface area contributed by atoms with Crippen LogP contribution in [-0.4, -0.2) is 48.5 Å². The van der Waals surface area contributed by atoms with Crippen molar-refractivity contribution in [3.63, 3.8) is 0 Å². The number of rotatable bonds is 4. The first kappa shape index (κ1) is 13.8. The maximum Gasteiger partial charge on any atom is 0.223 e. The van der Waals surface area contributed by atoms with Gasteiger partial charge >= 0.3 is 0 Å². The Morgan fingerprint density at radius 2 is 2.14 bits per heavy atom. The van der Waals surface area contributed by atoms with Crippen molar-refractivity contribution in [2.75, 3.05) is 13.1 Å². The zero-order valence-electron chi connectivity index (χ0n) is 12.3. The van der Waals surface area contributed by atoms with Gasteiger partial charge in [-0.25, -0.2) is 4.98 Å². The summed E-state index contributed by atoms with van der Waals surface area (Å²) in [6, 6.07) is 0. The fraction of sp³-hybridized carbons (Fsp3) is 0.571. The fourth-order valence-corrected chi connectivity index (χ4v) is 3.74. The molecule has 116 valence electrons. The van der Waals surface area contributed by atoms with E-state index in [1.165, 1.54) is 0 Å². The minimum absolute atomic E-state index is 0.235. The average Bonchev–Trinajstić information content (AvgIpc) is 3.23. The highest BCUT2D eigenvalue weighted by atomic mass is 32.1. The molecule has 0 aromatic carbocycles. The quantitative estimate of drug-likeness (QED) is 0.837. The number of carbonyl (C=O) groups excluding carboxylic acids is 1. The molecule has 2 aliphatic heterocycles. The third kappa shape index (κ3) is 2.64. The summed E-state index contributed by atoms with van der Waals surface area (Å²) in [5.41, 5.74) is 0. The molecule has 0 atom stereocenters. The summed E-state index contributed by atoms with van der Waals surface area (Å²) >= 11 is 1.68. The lowest BCUT2D eigenvalue weighted by Gasteiger charge is -2.27. The van der Waals surface area contributed by atoms with Crippen LogP contribution in [0.25, 0.3) is 0 Å². The lowest BCUT2D eigenvalue weighted by molar-refractivity contribution is -0.128. The lowest BCUT2D eigenvalue weighted by Crippen LogP contribution is -2.35. The van der Waals surface area contributed by atoms with E-state index in [4.69, 9.17) is 0 Å². The summed E-state index contributed by atoms with van der Waals surface area (Å²) in [6.07, 6.45) is 3.47.